The Balaban J connectivity index is 2.31. The van der Waals surface area contributed by atoms with Crippen LogP contribution in [-0.2, 0) is 9.53 Å². The van der Waals surface area contributed by atoms with Gasteiger partial charge in [0.1, 0.15) is 5.78 Å². The molecular formula is C8H14O2. The van der Waals surface area contributed by atoms with Gasteiger partial charge in [-0.2, -0.15) is 0 Å². The van der Waals surface area contributed by atoms with Crippen LogP contribution in [0.5, 0.6) is 0 Å². The van der Waals surface area contributed by atoms with Crippen molar-refractivity contribution in [3.05, 3.63) is 0 Å². The molecule has 0 aromatic rings. The fraction of sp³-hybridized carbons (Fsp3) is 0.875. The van der Waals surface area contributed by atoms with E-state index in [2.05, 4.69) is 0 Å². The Kier molecular flexibility index (Phi) is 2.87. The average molecular weight is 142 g/mol. The summed E-state index contributed by atoms with van der Waals surface area (Å²) in [5, 5.41) is 0. The molecular weight excluding hydrogens is 128 g/mol. The van der Waals surface area contributed by atoms with E-state index in [0.717, 1.165) is 19.4 Å². The summed E-state index contributed by atoms with van der Waals surface area (Å²) in [6.45, 7) is 3.41. The van der Waals surface area contributed by atoms with Gasteiger partial charge in [-0.05, 0) is 12.8 Å². The molecule has 2 nitrogen and oxygen atoms in total. The minimum Gasteiger partial charge on any atom is -0.381 e. The first kappa shape index (κ1) is 7.73. The molecule has 1 saturated heterocycles. The number of rotatable bonds is 2. The molecule has 0 aromatic carbocycles. The van der Waals surface area contributed by atoms with Crippen LogP contribution in [0.2, 0.25) is 0 Å². The highest BCUT2D eigenvalue weighted by Crippen LogP contribution is 2.15. The summed E-state index contributed by atoms with van der Waals surface area (Å²) in [4.78, 5) is 11.1. The van der Waals surface area contributed by atoms with Gasteiger partial charge in [-0.3, -0.25) is 4.79 Å². The fourth-order valence-corrected chi connectivity index (χ4v) is 1.28. The SMILES string of the molecule is CCC(=O)[C@@H]1CCCOC1. The van der Waals surface area contributed by atoms with Crippen molar-refractivity contribution < 1.29 is 9.53 Å². The number of carbonyl (C=O) groups excluding carboxylic acids is 1. The molecule has 0 aromatic heterocycles. The first-order valence-electron chi connectivity index (χ1n) is 3.95. The van der Waals surface area contributed by atoms with Crippen LogP contribution in [0, 0.1) is 5.92 Å². The van der Waals surface area contributed by atoms with Crippen LogP contribution in [0.3, 0.4) is 0 Å². The Morgan fingerprint density at radius 3 is 3.00 bits per heavy atom. The molecule has 1 fully saturated rings. The van der Waals surface area contributed by atoms with E-state index in [4.69, 9.17) is 4.74 Å². The summed E-state index contributed by atoms with van der Waals surface area (Å²) < 4.78 is 5.18. The highest BCUT2D eigenvalue weighted by atomic mass is 16.5. The largest absolute Gasteiger partial charge is 0.381 e. The highest BCUT2D eigenvalue weighted by molar-refractivity contribution is 5.80. The van der Waals surface area contributed by atoms with Crippen LogP contribution >= 0.6 is 0 Å². The quantitative estimate of drug-likeness (QED) is 0.582. The zero-order valence-corrected chi connectivity index (χ0v) is 6.43. The van der Waals surface area contributed by atoms with E-state index in [1.807, 2.05) is 6.92 Å². The van der Waals surface area contributed by atoms with E-state index in [9.17, 15) is 4.79 Å². The molecule has 0 unspecified atom stereocenters. The molecule has 0 spiro atoms. The average Bonchev–Trinajstić information content (AvgIpc) is 2.05. The number of hydrogen-bond acceptors (Lipinski definition) is 2. The third-order valence-electron chi connectivity index (χ3n) is 1.96. The molecule has 1 rings (SSSR count). The van der Waals surface area contributed by atoms with Gasteiger partial charge in [0.05, 0.1) is 6.61 Å². The number of hydrogen-bond donors (Lipinski definition) is 0. The molecule has 0 amide bonds. The summed E-state index contributed by atoms with van der Waals surface area (Å²) in [5.74, 6) is 0.568. The molecule has 0 aliphatic carbocycles. The van der Waals surface area contributed by atoms with Crippen molar-refractivity contribution in [3.8, 4) is 0 Å². The second kappa shape index (κ2) is 3.71. The normalized spacial score (nSPS) is 26.3. The Hall–Kier alpha value is -0.370. The highest BCUT2D eigenvalue weighted by Gasteiger charge is 2.19. The molecule has 58 valence electrons. The predicted molar refractivity (Wildman–Crippen MR) is 38.8 cm³/mol. The van der Waals surface area contributed by atoms with Crippen molar-refractivity contribution in [1.82, 2.24) is 0 Å². The second-order valence-electron chi connectivity index (χ2n) is 2.73. The van der Waals surface area contributed by atoms with Gasteiger partial charge < -0.3 is 4.74 Å². The molecule has 0 radical (unpaired) electrons. The first-order chi connectivity index (χ1) is 4.84. The van der Waals surface area contributed by atoms with Crippen LogP contribution in [0.15, 0.2) is 0 Å². The van der Waals surface area contributed by atoms with E-state index in [1.54, 1.807) is 0 Å². The van der Waals surface area contributed by atoms with E-state index >= 15 is 0 Å². The van der Waals surface area contributed by atoms with Crippen LogP contribution in [0.1, 0.15) is 26.2 Å². The number of ketones is 1. The van der Waals surface area contributed by atoms with Gasteiger partial charge in [0.25, 0.3) is 0 Å². The van der Waals surface area contributed by atoms with Crippen LogP contribution < -0.4 is 0 Å². The Morgan fingerprint density at radius 2 is 2.50 bits per heavy atom. The standard InChI is InChI=1S/C8H14O2/c1-2-8(9)7-4-3-5-10-6-7/h7H,2-6H2,1H3/t7-/m1/s1. The van der Waals surface area contributed by atoms with Gasteiger partial charge in [0.2, 0.25) is 0 Å². The second-order valence-corrected chi connectivity index (χ2v) is 2.73. The van der Waals surface area contributed by atoms with Crippen molar-refractivity contribution in [2.75, 3.05) is 13.2 Å². The van der Waals surface area contributed by atoms with Crippen LogP contribution in [-0.4, -0.2) is 19.0 Å². The van der Waals surface area contributed by atoms with Gasteiger partial charge in [-0.1, -0.05) is 6.92 Å². The lowest BCUT2D eigenvalue weighted by molar-refractivity contribution is -0.126. The summed E-state index contributed by atoms with van der Waals surface area (Å²) in [7, 11) is 0. The monoisotopic (exact) mass is 142 g/mol. The molecule has 1 aliphatic rings. The Bertz CT molecular complexity index is 114. The summed E-state index contributed by atoms with van der Waals surface area (Å²) in [6, 6.07) is 0. The van der Waals surface area contributed by atoms with E-state index in [1.165, 1.54) is 0 Å². The molecule has 0 saturated carbocycles. The van der Waals surface area contributed by atoms with Gasteiger partial charge >= 0.3 is 0 Å². The molecule has 0 bridgehead atoms. The fourth-order valence-electron chi connectivity index (χ4n) is 1.28. The van der Waals surface area contributed by atoms with Crippen molar-refractivity contribution in [2.24, 2.45) is 5.92 Å². The molecule has 10 heavy (non-hydrogen) atoms. The lowest BCUT2D eigenvalue weighted by atomic mass is 9.96. The molecule has 1 aliphatic heterocycles. The van der Waals surface area contributed by atoms with Crippen molar-refractivity contribution >= 4 is 5.78 Å². The molecule has 2 heteroatoms. The van der Waals surface area contributed by atoms with Gasteiger partial charge in [0, 0.05) is 18.9 Å². The Labute approximate surface area is 61.6 Å². The molecule has 0 N–H and O–H groups in total. The van der Waals surface area contributed by atoms with E-state index < -0.39 is 0 Å². The summed E-state index contributed by atoms with van der Waals surface area (Å²) >= 11 is 0. The number of Topliss-reactive ketones (excluding diaryl/α,β-unsaturated/α-hetero) is 1. The van der Waals surface area contributed by atoms with E-state index in [-0.39, 0.29) is 5.92 Å². The van der Waals surface area contributed by atoms with Gasteiger partial charge in [-0.15, -0.1) is 0 Å². The van der Waals surface area contributed by atoms with Crippen LogP contribution in [0.4, 0.5) is 0 Å². The summed E-state index contributed by atoms with van der Waals surface area (Å²) in [6.07, 6.45) is 2.75. The minimum absolute atomic E-state index is 0.207. The number of carbonyl (C=O) groups is 1. The maximum atomic E-state index is 11.1. The lowest BCUT2D eigenvalue weighted by Gasteiger charge is -2.19. The van der Waals surface area contributed by atoms with Gasteiger partial charge in [0.15, 0.2) is 0 Å². The van der Waals surface area contributed by atoms with Crippen molar-refractivity contribution in [3.63, 3.8) is 0 Å². The Morgan fingerprint density at radius 1 is 1.70 bits per heavy atom. The smallest absolute Gasteiger partial charge is 0.138 e. The van der Waals surface area contributed by atoms with Crippen molar-refractivity contribution in [2.45, 2.75) is 26.2 Å². The third kappa shape index (κ3) is 1.81. The third-order valence-corrected chi connectivity index (χ3v) is 1.96. The predicted octanol–water partition coefficient (Wildman–Crippen LogP) is 1.39. The first-order valence-corrected chi connectivity index (χ1v) is 3.95. The van der Waals surface area contributed by atoms with E-state index in [0.29, 0.717) is 18.8 Å². The molecule has 1 atom stereocenters. The molecule has 1 heterocycles. The minimum atomic E-state index is 0.207. The lowest BCUT2D eigenvalue weighted by Crippen LogP contribution is -2.24. The maximum absolute atomic E-state index is 11.1. The maximum Gasteiger partial charge on any atom is 0.138 e. The zero-order chi connectivity index (χ0) is 7.40. The topological polar surface area (TPSA) is 26.3 Å². The van der Waals surface area contributed by atoms with Crippen molar-refractivity contribution in [1.29, 1.82) is 0 Å². The summed E-state index contributed by atoms with van der Waals surface area (Å²) in [5.41, 5.74) is 0. The van der Waals surface area contributed by atoms with Gasteiger partial charge in [-0.25, -0.2) is 0 Å². The zero-order valence-electron chi connectivity index (χ0n) is 6.43. The number of ether oxygens (including phenoxy) is 1. The van der Waals surface area contributed by atoms with Crippen LogP contribution in [0.25, 0.3) is 0 Å².